The van der Waals surface area contributed by atoms with Gasteiger partial charge in [-0.15, -0.1) is 0 Å². The van der Waals surface area contributed by atoms with Crippen molar-refractivity contribution in [2.75, 3.05) is 0 Å². The minimum absolute atomic E-state index is 0.192. The summed E-state index contributed by atoms with van der Waals surface area (Å²) >= 11 is 0. The van der Waals surface area contributed by atoms with Crippen LogP contribution in [-0.2, 0) is 6.42 Å². The third kappa shape index (κ3) is 1.98. The quantitative estimate of drug-likeness (QED) is 0.818. The van der Waals surface area contributed by atoms with Crippen molar-refractivity contribution in [1.82, 2.24) is 9.97 Å². The molecule has 0 radical (unpaired) electrons. The lowest BCUT2D eigenvalue weighted by molar-refractivity contribution is 1.17. The maximum atomic E-state index is 11.2. The Morgan fingerprint density at radius 3 is 2.81 bits per heavy atom. The van der Waals surface area contributed by atoms with Crippen molar-refractivity contribution in [2.45, 2.75) is 6.42 Å². The molecule has 2 aromatic rings. The molecule has 0 aliphatic rings. The number of aromatic amines is 1. The molecule has 0 amide bonds. The molecular weight excluding hydrogens is 202 g/mol. The third-order valence-corrected chi connectivity index (χ3v) is 2.27. The summed E-state index contributed by atoms with van der Waals surface area (Å²) in [5, 5.41) is 8.71. The lowest BCUT2D eigenvalue weighted by Gasteiger charge is -2.05. The Balaban J connectivity index is 2.57. The number of pyridine rings is 2. The number of hydrogen-bond acceptors (Lipinski definition) is 3. The van der Waals surface area contributed by atoms with E-state index in [-0.39, 0.29) is 12.0 Å². The van der Waals surface area contributed by atoms with Gasteiger partial charge in [-0.2, -0.15) is 5.26 Å². The van der Waals surface area contributed by atoms with Crippen molar-refractivity contribution in [2.24, 2.45) is 0 Å². The molecule has 0 aliphatic carbocycles. The lowest BCUT2D eigenvalue weighted by atomic mass is 10.0. The van der Waals surface area contributed by atoms with Crippen molar-refractivity contribution in [3.63, 3.8) is 0 Å². The fourth-order valence-electron chi connectivity index (χ4n) is 1.55. The molecule has 0 atom stereocenters. The highest BCUT2D eigenvalue weighted by molar-refractivity contribution is 5.66. The number of H-pyrrole nitrogens is 1. The normalized spacial score (nSPS) is 9.69. The first-order valence-corrected chi connectivity index (χ1v) is 4.80. The molecule has 4 heteroatoms. The van der Waals surface area contributed by atoms with E-state index < -0.39 is 0 Å². The molecule has 0 bridgehead atoms. The highest BCUT2D eigenvalue weighted by Gasteiger charge is 2.05. The van der Waals surface area contributed by atoms with Gasteiger partial charge in [-0.25, -0.2) is 0 Å². The highest BCUT2D eigenvalue weighted by Crippen LogP contribution is 2.20. The molecular formula is C12H9N3O. The molecule has 4 nitrogen and oxygen atoms in total. The van der Waals surface area contributed by atoms with Gasteiger partial charge in [0.2, 0.25) is 5.56 Å². The van der Waals surface area contributed by atoms with Crippen LogP contribution in [0, 0.1) is 11.3 Å². The van der Waals surface area contributed by atoms with Crippen molar-refractivity contribution in [3.8, 4) is 17.2 Å². The van der Waals surface area contributed by atoms with E-state index in [0.29, 0.717) is 0 Å². The lowest BCUT2D eigenvalue weighted by Crippen LogP contribution is -2.06. The number of hydrogen-bond donors (Lipinski definition) is 1. The molecule has 0 aliphatic heterocycles. The van der Waals surface area contributed by atoms with E-state index in [9.17, 15) is 4.79 Å². The molecule has 2 rings (SSSR count). The standard InChI is InChI=1S/C12H9N3O/c13-4-1-10-7-12(16)15-8-11(10)9-2-5-14-6-3-9/h2-3,5-8H,1H2,(H,15,16). The molecule has 0 unspecified atom stereocenters. The molecule has 1 N–H and O–H groups in total. The molecule has 0 saturated carbocycles. The average molecular weight is 211 g/mol. The minimum atomic E-state index is -0.192. The van der Waals surface area contributed by atoms with Crippen molar-refractivity contribution in [1.29, 1.82) is 5.26 Å². The van der Waals surface area contributed by atoms with Crippen LogP contribution in [-0.4, -0.2) is 9.97 Å². The zero-order valence-corrected chi connectivity index (χ0v) is 8.47. The smallest absolute Gasteiger partial charge is 0.248 e. The highest BCUT2D eigenvalue weighted by atomic mass is 16.1. The molecule has 0 saturated heterocycles. The van der Waals surface area contributed by atoms with Gasteiger partial charge in [0.25, 0.3) is 0 Å². The first kappa shape index (κ1) is 10.1. The second-order valence-corrected chi connectivity index (χ2v) is 3.31. The molecule has 2 aromatic heterocycles. The summed E-state index contributed by atoms with van der Waals surface area (Å²) < 4.78 is 0. The zero-order valence-electron chi connectivity index (χ0n) is 8.47. The predicted molar refractivity (Wildman–Crippen MR) is 59.6 cm³/mol. The summed E-state index contributed by atoms with van der Waals surface area (Å²) in [5.74, 6) is 0. The summed E-state index contributed by atoms with van der Waals surface area (Å²) in [7, 11) is 0. The SMILES string of the molecule is N#CCc1cc(=O)[nH]cc1-c1ccncc1. The Kier molecular flexibility index (Phi) is 2.79. The Hall–Kier alpha value is -2.41. The molecule has 0 fully saturated rings. The second kappa shape index (κ2) is 4.41. The number of rotatable bonds is 2. The van der Waals surface area contributed by atoms with Crippen LogP contribution in [0.3, 0.4) is 0 Å². The first-order chi connectivity index (χ1) is 7.81. The van der Waals surface area contributed by atoms with Crippen LogP contribution >= 0.6 is 0 Å². The number of aromatic nitrogens is 2. The van der Waals surface area contributed by atoms with Crippen LogP contribution < -0.4 is 5.56 Å². The van der Waals surface area contributed by atoms with Crippen molar-refractivity contribution < 1.29 is 0 Å². The predicted octanol–water partition coefficient (Wildman–Crippen LogP) is 1.50. The maximum absolute atomic E-state index is 11.2. The largest absolute Gasteiger partial charge is 0.328 e. The average Bonchev–Trinajstić information content (AvgIpc) is 2.31. The Bertz CT molecular complexity index is 581. The van der Waals surface area contributed by atoms with Crippen LogP contribution in [0.1, 0.15) is 5.56 Å². The molecule has 78 valence electrons. The molecule has 0 spiro atoms. The summed E-state index contributed by atoms with van der Waals surface area (Å²) in [5.41, 5.74) is 2.35. The number of nitriles is 1. The van der Waals surface area contributed by atoms with Gasteiger partial charge in [-0.05, 0) is 23.3 Å². The fraction of sp³-hybridized carbons (Fsp3) is 0.0833. The summed E-state index contributed by atoms with van der Waals surface area (Å²) in [6.45, 7) is 0. The topological polar surface area (TPSA) is 69.5 Å². The third-order valence-electron chi connectivity index (χ3n) is 2.27. The summed E-state index contributed by atoms with van der Waals surface area (Å²) in [6.07, 6.45) is 5.21. The van der Waals surface area contributed by atoms with E-state index >= 15 is 0 Å². The van der Waals surface area contributed by atoms with E-state index in [0.717, 1.165) is 16.7 Å². The summed E-state index contributed by atoms with van der Waals surface area (Å²) in [6, 6.07) is 7.19. The second-order valence-electron chi connectivity index (χ2n) is 3.31. The van der Waals surface area contributed by atoms with Gasteiger partial charge >= 0.3 is 0 Å². The van der Waals surface area contributed by atoms with E-state index in [1.165, 1.54) is 6.07 Å². The van der Waals surface area contributed by atoms with E-state index in [4.69, 9.17) is 5.26 Å². The maximum Gasteiger partial charge on any atom is 0.248 e. The molecule has 2 heterocycles. The Labute approximate surface area is 92.2 Å². The van der Waals surface area contributed by atoms with Gasteiger partial charge < -0.3 is 4.98 Å². The first-order valence-electron chi connectivity index (χ1n) is 4.80. The van der Waals surface area contributed by atoms with Crippen LogP contribution in [0.2, 0.25) is 0 Å². The van der Waals surface area contributed by atoms with Crippen LogP contribution in [0.5, 0.6) is 0 Å². The van der Waals surface area contributed by atoms with Gasteiger partial charge in [0, 0.05) is 30.2 Å². The Morgan fingerprint density at radius 2 is 2.12 bits per heavy atom. The Morgan fingerprint density at radius 1 is 1.38 bits per heavy atom. The van der Waals surface area contributed by atoms with Crippen molar-refractivity contribution >= 4 is 0 Å². The van der Waals surface area contributed by atoms with Crippen LogP contribution in [0.15, 0.2) is 41.6 Å². The van der Waals surface area contributed by atoms with Crippen LogP contribution in [0.25, 0.3) is 11.1 Å². The van der Waals surface area contributed by atoms with Gasteiger partial charge in [0.05, 0.1) is 12.5 Å². The van der Waals surface area contributed by atoms with Gasteiger partial charge in [-0.1, -0.05) is 0 Å². The minimum Gasteiger partial charge on any atom is -0.328 e. The van der Waals surface area contributed by atoms with Gasteiger partial charge in [0.15, 0.2) is 0 Å². The zero-order chi connectivity index (χ0) is 11.4. The number of nitrogens with one attached hydrogen (secondary N) is 1. The molecule has 16 heavy (non-hydrogen) atoms. The molecule has 0 aromatic carbocycles. The fourth-order valence-corrected chi connectivity index (χ4v) is 1.55. The van der Waals surface area contributed by atoms with Crippen LogP contribution in [0.4, 0.5) is 0 Å². The summed E-state index contributed by atoms with van der Waals surface area (Å²) in [4.78, 5) is 17.7. The number of nitrogens with zero attached hydrogens (tertiary/aromatic N) is 2. The van der Waals surface area contributed by atoms with E-state index in [1.54, 1.807) is 18.6 Å². The van der Waals surface area contributed by atoms with E-state index in [2.05, 4.69) is 16.0 Å². The monoisotopic (exact) mass is 211 g/mol. The van der Waals surface area contributed by atoms with Crippen molar-refractivity contribution in [3.05, 3.63) is 52.7 Å². The van der Waals surface area contributed by atoms with Gasteiger partial charge in [0.1, 0.15) is 0 Å². The van der Waals surface area contributed by atoms with Gasteiger partial charge in [-0.3, -0.25) is 9.78 Å². The van der Waals surface area contributed by atoms with E-state index in [1.807, 2.05) is 12.1 Å².